The van der Waals surface area contributed by atoms with Crippen LogP contribution in [-0.4, -0.2) is 17.4 Å². The van der Waals surface area contributed by atoms with Crippen LogP contribution in [0.1, 0.15) is 17.9 Å². The molecule has 0 bridgehead atoms. The average Bonchev–Trinajstić information content (AvgIpc) is 2.95. The molecule has 0 aliphatic heterocycles. The molecule has 2 rings (SSSR count). The monoisotopic (exact) mass is 246 g/mol. The van der Waals surface area contributed by atoms with E-state index < -0.39 is 18.2 Å². The second-order valence-electron chi connectivity index (χ2n) is 3.87. The average molecular weight is 246 g/mol. The number of ether oxygens (including phenoxy) is 1. The number of carboxylic acid groups (broad SMARTS) is 1. The van der Waals surface area contributed by atoms with Crippen LogP contribution in [0.15, 0.2) is 24.3 Å². The van der Waals surface area contributed by atoms with Crippen LogP contribution >= 0.6 is 0 Å². The Hall–Kier alpha value is -1.72. The van der Waals surface area contributed by atoms with Crippen LogP contribution in [0.3, 0.4) is 0 Å². The zero-order valence-corrected chi connectivity index (χ0v) is 8.57. The second-order valence-corrected chi connectivity index (χ2v) is 3.87. The van der Waals surface area contributed by atoms with Crippen molar-refractivity contribution in [2.75, 3.05) is 0 Å². The Bertz CT molecular complexity index is 442. The van der Waals surface area contributed by atoms with Gasteiger partial charge in [-0.25, -0.2) is 0 Å². The lowest BCUT2D eigenvalue weighted by Crippen LogP contribution is -2.18. The highest BCUT2D eigenvalue weighted by atomic mass is 19.4. The Morgan fingerprint density at radius 1 is 1.35 bits per heavy atom. The molecule has 1 aromatic rings. The van der Waals surface area contributed by atoms with Crippen LogP contribution in [0.4, 0.5) is 13.2 Å². The van der Waals surface area contributed by atoms with E-state index in [9.17, 15) is 18.0 Å². The first-order chi connectivity index (χ1) is 7.88. The number of carbonyl (C=O) groups is 1. The summed E-state index contributed by atoms with van der Waals surface area (Å²) in [7, 11) is 0. The fourth-order valence-electron chi connectivity index (χ4n) is 1.82. The van der Waals surface area contributed by atoms with Crippen molar-refractivity contribution >= 4 is 5.97 Å². The van der Waals surface area contributed by atoms with E-state index in [0.717, 1.165) is 0 Å². The van der Waals surface area contributed by atoms with Crippen LogP contribution in [0.2, 0.25) is 0 Å². The van der Waals surface area contributed by atoms with Gasteiger partial charge in [0.2, 0.25) is 0 Å². The summed E-state index contributed by atoms with van der Waals surface area (Å²) >= 11 is 0. The lowest BCUT2D eigenvalue weighted by molar-refractivity contribution is -0.274. The van der Waals surface area contributed by atoms with Gasteiger partial charge >= 0.3 is 12.3 Å². The predicted molar refractivity (Wildman–Crippen MR) is 51.6 cm³/mol. The normalized spacial score (nSPS) is 23.2. The van der Waals surface area contributed by atoms with Crippen LogP contribution in [0, 0.1) is 5.92 Å². The molecule has 17 heavy (non-hydrogen) atoms. The minimum atomic E-state index is -4.76. The predicted octanol–water partition coefficient (Wildman–Crippen LogP) is 2.77. The van der Waals surface area contributed by atoms with Crippen molar-refractivity contribution in [3.8, 4) is 5.75 Å². The lowest BCUT2D eigenvalue weighted by Gasteiger charge is -2.12. The Morgan fingerprint density at radius 3 is 2.53 bits per heavy atom. The van der Waals surface area contributed by atoms with Crippen LogP contribution in [0.5, 0.6) is 5.75 Å². The van der Waals surface area contributed by atoms with Gasteiger partial charge in [0.1, 0.15) is 5.75 Å². The Morgan fingerprint density at radius 2 is 2.00 bits per heavy atom. The Kier molecular flexibility index (Phi) is 2.73. The molecule has 0 radical (unpaired) electrons. The van der Waals surface area contributed by atoms with E-state index in [1.807, 2.05) is 0 Å². The summed E-state index contributed by atoms with van der Waals surface area (Å²) in [4.78, 5) is 10.7. The highest BCUT2D eigenvalue weighted by Gasteiger charge is 2.46. The third-order valence-electron chi connectivity index (χ3n) is 2.65. The number of alkyl halides is 3. The van der Waals surface area contributed by atoms with Gasteiger partial charge < -0.3 is 9.84 Å². The van der Waals surface area contributed by atoms with Gasteiger partial charge in [-0.15, -0.1) is 13.2 Å². The third kappa shape index (κ3) is 2.69. The van der Waals surface area contributed by atoms with Crippen molar-refractivity contribution in [3.05, 3.63) is 29.8 Å². The molecule has 92 valence electrons. The van der Waals surface area contributed by atoms with E-state index in [0.29, 0.717) is 12.0 Å². The maximum Gasteiger partial charge on any atom is 0.573 e. The van der Waals surface area contributed by atoms with E-state index >= 15 is 0 Å². The Labute approximate surface area is 94.8 Å². The molecule has 0 saturated heterocycles. The van der Waals surface area contributed by atoms with E-state index in [2.05, 4.69) is 4.74 Å². The summed E-state index contributed by atoms with van der Waals surface area (Å²) in [6, 6.07) is 5.65. The summed E-state index contributed by atoms with van der Waals surface area (Å²) in [5.41, 5.74) is 0.303. The zero-order valence-electron chi connectivity index (χ0n) is 8.57. The second kappa shape index (κ2) is 3.94. The quantitative estimate of drug-likeness (QED) is 0.891. The number of para-hydroxylation sites is 1. The number of carboxylic acids is 1. The number of halogens is 3. The molecule has 0 unspecified atom stereocenters. The van der Waals surface area contributed by atoms with Crippen molar-refractivity contribution in [2.24, 2.45) is 5.92 Å². The number of hydrogen-bond acceptors (Lipinski definition) is 2. The molecule has 2 atom stereocenters. The van der Waals surface area contributed by atoms with E-state index in [1.165, 1.54) is 18.2 Å². The van der Waals surface area contributed by atoms with Gasteiger partial charge in [0.05, 0.1) is 5.92 Å². The number of aliphatic carboxylic acids is 1. The van der Waals surface area contributed by atoms with Crippen molar-refractivity contribution in [2.45, 2.75) is 18.7 Å². The summed E-state index contributed by atoms with van der Waals surface area (Å²) in [5, 5.41) is 8.75. The first-order valence-corrected chi connectivity index (χ1v) is 4.96. The van der Waals surface area contributed by atoms with Crippen molar-refractivity contribution in [1.82, 2.24) is 0 Å². The summed E-state index contributed by atoms with van der Waals surface area (Å²) in [6.07, 6.45) is -4.41. The van der Waals surface area contributed by atoms with Gasteiger partial charge in [0.15, 0.2) is 0 Å². The maximum absolute atomic E-state index is 12.1. The molecule has 0 amide bonds. The topological polar surface area (TPSA) is 46.5 Å². The molecule has 6 heteroatoms. The number of benzene rings is 1. The molecule has 1 N–H and O–H groups in total. The summed E-state index contributed by atoms with van der Waals surface area (Å²) in [5.74, 6) is -2.29. The lowest BCUT2D eigenvalue weighted by atomic mass is 10.1. The third-order valence-corrected chi connectivity index (χ3v) is 2.65. The van der Waals surface area contributed by atoms with Crippen molar-refractivity contribution in [1.29, 1.82) is 0 Å². The smallest absolute Gasteiger partial charge is 0.481 e. The molecule has 3 nitrogen and oxygen atoms in total. The zero-order chi connectivity index (χ0) is 12.6. The molecular weight excluding hydrogens is 237 g/mol. The Balaban J connectivity index is 2.21. The minimum Gasteiger partial charge on any atom is -0.481 e. The largest absolute Gasteiger partial charge is 0.573 e. The molecule has 1 aromatic carbocycles. The first-order valence-electron chi connectivity index (χ1n) is 4.96. The highest BCUT2D eigenvalue weighted by Crippen LogP contribution is 2.50. The van der Waals surface area contributed by atoms with Gasteiger partial charge in [-0.2, -0.15) is 0 Å². The van der Waals surface area contributed by atoms with Gasteiger partial charge in [0, 0.05) is 5.92 Å². The SMILES string of the molecule is O=C(O)[C@@H]1C[C@@H]1c1ccccc1OC(F)(F)F. The maximum atomic E-state index is 12.1. The summed E-state index contributed by atoms with van der Waals surface area (Å²) < 4.78 is 40.2. The molecular formula is C11H9F3O3. The van der Waals surface area contributed by atoms with Crippen LogP contribution < -0.4 is 4.74 Å². The van der Waals surface area contributed by atoms with Gasteiger partial charge in [-0.3, -0.25) is 4.79 Å². The van der Waals surface area contributed by atoms with E-state index in [-0.39, 0.29) is 11.7 Å². The molecule has 0 heterocycles. The van der Waals surface area contributed by atoms with Gasteiger partial charge in [-0.1, -0.05) is 18.2 Å². The highest BCUT2D eigenvalue weighted by molar-refractivity contribution is 5.75. The van der Waals surface area contributed by atoms with Crippen molar-refractivity contribution in [3.63, 3.8) is 0 Å². The standard InChI is InChI=1S/C11H9F3O3/c12-11(13,14)17-9-4-2-1-3-6(9)7-5-8(7)10(15)16/h1-4,7-8H,5H2,(H,15,16)/t7-,8-/m1/s1. The van der Waals surface area contributed by atoms with Crippen LogP contribution in [-0.2, 0) is 4.79 Å². The van der Waals surface area contributed by atoms with Crippen molar-refractivity contribution < 1.29 is 27.8 Å². The first kappa shape index (κ1) is 11.8. The minimum absolute atomic E-state index is 0.303. The van der Waals surface area contributed by atoms with Gasteiger partial charge in [-0.05, 0) is 18.1 Å². The van der Waals surface area contributed by atoms with Gasteiger partial charge in [0.25, 0.3) is 0 Å². The summed E-state index contributed by atoms with van der Waals surface area (Å²) in [6.45, 7) is 0. The molecule has 1 aliphatic carbocycles. The molecule has 0 aromatic heterocycles. The number of rotatable bonds is 3. The molecule has 0 spiro atoms. The fourth-order valence-corrected chi connectivity index (χ4v) is 1.82. The van der Waals surface area contributed by atoms with E-state index in [4.69, 9.17) is 5.11 Å². The van der Waals surface area contributed by atoms with E-state index in [1.54, 1.807) is 6.07 Å². The number of hydrogen-bond donors (Lipinski definition) is 1. The molecule has 1 fully saturated rings. The molecule has 1 saturated carbocycles. The molecule has 1 aliphatic rings. The fraction of sp³-hybridized carbons (Fsp3) is 0.364. The van der Waals surface area contributed by atoms with Crippen LogP contribution in [0.25, 0.3) is 0 Å².